The zero-order valence-electron chi connectivity index (χ0n) is 7.94. The first kappa shape index (κ1) is 11.5. The second-order valence-corrected chi connectivity index (χ2v) is 3.62. The molecule has 0 bridgehead atoms. The van der Waals surface area contributed by atoms with Crippen molar-refractivity contribution in [1.82, 2.24) is 0 Å². The molecule has 0 saturated carbocycles. The van der Waals surface area contributed by atoms with Gasteiger partial charge in [0.25, 0.3) is 0 Å². The van der Waals surface area contributed by atoms with E-state index in [2.05, 4.69) is 0 Å². The van der Waals surface area contributed by atoms with Gasteiger partial charge >= 0.3 is 0 Å². The zero-order valence-corrected chi connectivity index (χ0v) is 8.70. The fourth-order valence-electron chi connectivity index (χ4n) is 1.31. The summed E-state index contributed by atoms with van der Waals surface area (Å²) in [4.78, 5) is 21.9. The standard InChI is InChI=1S/C10H11ClN2O2/c11-7-3-1-2-6(4-7)8(10(13)15)5-9(12)14/h1-4,8H,5H2,(H2,12,14)(H2,13,15)/t8-/m1/s1. The molecular formula is C10H11ClN2O2. The van der Waals surface area contributed by atoms with E-state index in [0.717, 1.165) is 0 Å². The molecule has 1 atom stereocenters. The predicted molar refractivity (Wildman–Crippen MR) is 57.2 cm³/mol. The van der Waals surface area contributed by atoms with Crippen LogP contribution in [-0.4, -0.2) is 11.8 Å². The summed E-state index contributed by atoms with van der Waals surface area (Å²) < 4.78 is 0. The van der Waals surface area contributed by atoms with E-state index in [1.807, 2.05) is 0 Å². The Bertz CT molecular complexity index is 393. The van der Waals surface area contributed by atoms with Gasteiger partial charge in [-0.05, 0) is 17.7 Å². The Hall–Kier alpha value is -1.55. The highest BCUT2D eigenvalue weighted by Crippen LogP contribution is 2.22. The molecule has 0 heterocycles. The predicted octanol–water partition coefficient (Wildman–Crippen LogP) is 0.784. The highest BCUT2D eigenvalue weighted by atomic mass is 35.5. The van der Waals surface area contributed by atoms with Crippen LogP contribution in [0.5, 0.6) is 0 Å². The molecule has 4 nitrogen and oxygen atoms in total. The van der Waals surface area contributed by atoms with Crippen LogP contribution in [0.1, 0.15) is 17.9 Å². The van der Waals surface area contributed by atoms with E-state index in [-0.39, 0.29) is 6.42 Å². The molecule has 0 radical (unpaired) electrons. The summed E-state index contributed by atoms with van der Waals surface area (Å²) in [6.45, 7) is 0. The Morgan fingerprint density at radius 1 is 1.33 bits per heavy atom. The molecule has 0 fully saturated rings. The third kappa shape index (κ3) is 3.25. The highest BCUT2D eigenvalue weighted by molar-refractivity contribution is 6.30. The van der Waals surface area contributed by atoms with Gasteiger partial charge in [0.15, 0.2) is 0 Å². The third-order valence-electron chi connectivity index (χ3n) is 2.00. The summed E-state index contributed by atoms with van der Waals surface area (Å²) in [5, 5.41) is 0.489. The van der Waals surface area contributed by atoms with Gasteiger partial charge in [0.2, 0.25) is 11.8 Å². The van der Waals surface area contributed by atoms with Crippen molar-refractivity contribution >= 4 is 23.4 Å². The minimum Gasteiger partial charge on any atom is -0.370 e. The number of primary amides is 2. The van der Waals surface area contributed by atoms with Crippen LogP contribution in [-0.2, 0) is 9.59 Å². The fraction of sp³-hybridized carbons (Fsp3) is 0.200. The summed E-state index contributed by atoms with van der Waals surface area (Å²) in [5.74, 6) is -1.86. The van der Waals surface area contributed by atoms with Crippen molar-refractivity contribution in [3.8, 4) is 0 Å². The molecule has 0 unspecified atom stereocenters. The number of rotatable bonds is 4. The summed E-state index contributed by atoms with van der Waals surface area (Å²) in [6, 6.07) is 6.64. The Kier molecular flexibility index (Phi) is 3.68. The third-order valence-corrected chi connectivity index (χ3v) is 2.23. The number of benzene rings is 1. The van der Waals surface area contributed by atoms with Crippen LogP contribution in [0.4, 0.5) is 0 Å². The van der Waals surface area contributed by atoms with Crippen LogP contribution in [0.2, 0.25) is 5.02 Å². The van der Waals surface area contributed by atoms with Gasteiger partial charge in [-0.25, -0.2) is 0 Å². The van der Waals surface area contributed by atoms with Crippen molar-refractivity contribution in [1.29, 1.82) is 0 Å². The second kappa shape index (κ2) is 4.79. The molecule has 0 aliphatic heterocycles. The second-order valence-electron chi connectivity index (χ2n) is 3.18. The average molecular weight is 227 g/mol. The molecule has 1 aromatic carbocycles. The van der Waals surface area contributed by atoms with Gasteiger partial charge in [-0.2, -0.15) is 0 Å². The largest absolute Gasteiger partial charge is 0.370 e. The van der Waals surface area contributed by atoms with Gasteiger partial charge in [0.1, 0.15) is 0 Å². The summed E-state index contributed by atoms with van der Waals surface area (Å²) >= 11 is 5.76. The first-order valence-electron chi connectivity index (χ1n) is 4.34. The van der Waals surface area contributed by atoms with Gasteiger partial charge in [-0.3, -0.25) is 9.59 Å². The van der Waals surface area contributed by atoms with E-state index in [4.69, 9.17) is 23.1 Å². The summed E-state index contributed by atoms with van der Waals surface area (Å²) in [5.41, 5.74) is 10.8. The minimum atomic E-state index is -0.707. The number of carbonyl (C=O) groups is 2. The minimum absolute atomic E-state index is 0.102. The number of carbonyl (C=O) groups excluding carboxylic acids is 2. The molecule has 80 valence electrons. The van der Waals surface area contributed by atoms with Crippen molar-refractivity contribution < 1.29 is 9.59 Å². The van der Waals surface area contributed by atoms with Crippen LogP contribution in [0.25, 0.3) is 0 Å². The van der Waals surface area contributed by atoms with Crippen molar-refractivity contribution in [2.24, 2.45) is 11.5 Å². The van der Waals surface area contributed by atoms with Crippen LogP contribution in [0, 0.1) is 0 Å². The molecule has 0 spiro atoms. The van der Waals surface area contributed by atoms with Gasteiger partial charge < -0.3 is 11.5 Å². The van der Waals surface area contributed by atoms with Crippen LogP contribution in [0.3, 0.4) is 0 Å². The van der Waals surface area contributed by atoms with Crippen molar-refractivity contribution in [3.05, 3.63) is 34.9 Å². The quantitative estimate of drug-likeness (QED) is 0.795. The van der Waals surface area contributed by atoms with Gasteiger partial charge in [-0.1, -0.05) is 23.7 Å². The van der Waals surface area contributed by atoms with E-state index in [1.165, 1.54) is 0 Å². The molecule has 5 heteroatoms. The van der Waals surface area contributed by atoms with Crippen LogP contribution < -0.4 is 11.5 Å². The number of hydrogen-bond acceptors (Lipinski definition) is 2. The topological polar surface area (TPSA) is 86.2 Å². The first-order chi connectivity index (χ1) is 7.00. The smallest absolute Gasteiger partial charge is 0.225 e. The molecular weight excluding hydrogens is 216 g/mol. The first-order valence-corrected chi connectivity index (χ1v) is 4.71. The number of amides is 2. The molecule has 0 aromatic heterocycles. The SMILES string of the molecule is NC(=O)C[C@@H](C(N)=O)c1cccc(Cl)c1. The molecule has 1 aromatic rings. The maximum Gasteiger partial charge on any atom is 0.225 e. The van der Waals surface area contributed by atoms with E-state index < -0.39 is 17.7 Å². The lowest BCUT2D eigenvalue weighted by atomic mass is 9.95. The van der Waals surface area contributed by atoms with Crippen LogP contribution >= 0.6 is 11.6 Å². The monoisotopic (exact) mass is 226 g/mol. The molecule has 1 rings (SSSR count). The lowest BCUT2D eigenvalue weighted by molar-refractivity contribution is -0.124. The highest BCUT2D eigenvalue weighted by Gasteiger charge is 2.20. The molecule has 15 heavy (non-hydrogen) atoms. The average Bonchev–Trinajstić information content (AvgIpc) is 2.13. The number of halogens is 1. The van der Waals surface area contributed by atoms with E-state index in [9.17, 15) is 9.59 Å². The molecule has 0 aliphatic carbocycles. The van der Waals surface area contributed by atoms with Gasteiger partial charge in [0, 0.05) is 11.4 Å². The molecule has 4 N–H and O–H groups in total. The van der Waals surface area contributed by atoms with Crippen molar-refractivity contribution in [2.75, 3.05) is 0 Å². The van der Waals surface area contributed by atoms with E-state index in [1.54, 1.807) is 24.3 Å². The van der Waals surface area contributed by atoms with E-state index in [0.29, 0.717) is 10.6 Å². The number of nitrogens with two attached hydrogens (primary N) is 2. The van der Waals surface area contributed by atoms with E-state index >= 15 is 0 Å². The maximum absolute atomic E-state index is 11.1. The molecule has 2 amide bonds. The Labute approximate surface area is 92.2 Å². The fourth-order valence-corrected chi connectivity index (χ4v) is 1.51. The Balaban J connectivity index is 2.98. The summed E-state index contributed by atoms with van der Waals surface area (Å²) in [6.07, 6.45) is -0.102. The lowest BCUT2D eigenvalue weighted by Crippen LogP contribution is -2.26. The molecule has 0 saturated heterocycles. The maximum atomic E-state index is 11.1. The number of hydrogen-bond donors (Lipinski definition) is 2. The van der Waals surface area contributed by atoms with Gasteiger partial charge in [0.05, 0.1) is 5.92 Å². The zero-order chi connectivity index (χ0) is 11.4. The Morgan fingerprint density at radius 2 is 2.00 bits per heavy atom. The van der Waals surface area contributed by atoms with Crippen molar-refractivity contribution in [3.63, 3.8) is 0 Å². The molecule has 0 aliphatic rings. The lowest BCUT2D eigenvalue weighted by Gasteiger charge is -2.11. The Morgan fingerprint density at radius 3 is 2.47 bits per heavy atom. The van der Waals surface area contributed by atoms with Crippen molar-refractivity contribution in [2.45, 2.75) is 12.3 Å². The van der Waals surface area contributed by atoms with Gasteiger partial charge in [-0.15, -0.1) is 0 Å². The van der Waals surface area contributed by atoms with Crippen LogP contribution in [0.15, 0.2) is 24.3 Å². The summed E-state index contributed by atoms with van der Waals surface area (Å²) in [7, 11) is 0. The normalized spacial score (nSPS) is 12.1.